The number of anilines is 1. The molecule has 2 aromatic heterocycles. The monoisotopic (exact) mass is 461 g/mol. The molecule has 5 aromatic rings. The first-order chi connectivity index (χ1) is 15.9. The van der Waals surface area contributed by atoms with E-state index in [4.69, 9.17) is 16.1 Å². The van der Waals surface area contributed by atoms with Crippen molar-refractivity contribution in [1.29, 1.82) is 0 Å². The maximum Gasteiger partial charge on any atom is 0.268 e. The molecule has 164 valence electrons. The number of nitrogens with one attached hydrogen (secondary N) is 1. The van der Waals surface area contributed by atoms with Gasteiger partial charge in [0.15, 0.2) is 0 Å². The van der Waals surface area contributed by atoms with Crippen molar-refractivity contribution in [3.8, 4) is 5.69 Å². The van der Waals surface area contributed by atoms with Crippen LogP contribution in [0.2, 0.25) is 5.02 Å². The maximum absolute atomic E-state index is 13.4. The number of pyridine rings is 1. The predicted octanol–water partition coefficient (Wildman–Crippen LogP) is 5.41. The third-order valence-corrected chi connectivity index (χ3v) is 5.73. The molecule has 5 rings (SSSR count). The highest BCUT2D eigenvalue weighted by Crippen LogP contribution is 2.31. The molecule has 8 heteroatoms. The number of rotatable bonds is 4. The second-order valence-corrected chi connectivity index (χ2v) is 8.05. The van der Waals surface area contributed by atoms with Crippen LogP contribution in [-0.4, -0.2) is 15.6 Å². The molecule has 0 radical (unpaired) electrons. The van der Waals surface area contributed by atoms with Crippen molar-refractivity contribution >= 4 is 45.0 Å². The fourth-order valence-corrected chi connectivity index (χ4v) is 4.19. The Morgan fingerprint density at radius 3 is 2.64 bits per heavy atom. The van der Waals surface area contributed by atoms with Gasteiger partial charge in [0.25, 0.3) is 5.56 Å². The lowest BCUT2D eigenvalue weighted by molar-refractivity contribution is -0.115. The van der Waals surface area contributed by atoms with E-state index in [1.165, 1.54) is 24.3 Å². The molecule has 0 spiro atoms. The number of nitrogens with zero attached hydrogens (tertiary/aromatic N) is 2. The van der Waals surface area contributed by atoms with Gasteiger partial charge in [-0.15, -0.1) is 0 Å². The fraction of sp³-hybridized carbons (Fsp3) is 0.0800. The Labute approximate surface area is 192 Å². The topological polar surface area (TPSA) is 77.1 Å². The second-order valence-electron chi connectivity index (χ2n) is 7.64. The molecule has 0 unspecified atom stereocenters. The van der Waals surface area contributed by atoms with Gasteiger partial charge in [0.2, 0.25) is 5.91 Å². The van der Waals surface area contributed by atoms with Gasteiger partial charge in [-0.1, -0.05) is 35.0 Å². The molecule has 0 atom stereocenters. The average molecular weight is 462 g/mol. The number of aryl methyl sites for hydroxylation is 1. The highest BCUT2D eigenvalue weighted by Gasteiger charge is 2.20. The van der Waals surface area contributed by atoms with Crippen molar-refractivity contribution in [2.24, 2.45) is 0 Å². The molecule has 1 N–H and O–H groups in total. The molecular weight excluding hydrogens is 445 g/mol. The number of fused-ring (bicyclic) bond motifs is 3. The Bertz CT molecular complexity index is 1590. The lowest BCUT2D eigenvalue weighted by Crippen LogP contribution is -2.20. The normalized spacial score (nSPS) is 11.2. The van der Waals surface area contributed by atoms with Crippen LogP contribution >= 0.6 is 11.6 Å². The molecular formula is C25H17ClFN3O3. The molecule has 0 aliphatic heterocycles. The number of benzene rings is 3. The summed E-state index contributed by atoms with van der Waals surface area (Å²) in [5, 5.41) is 8.22. The summed E-state index contributed by atoms with van der Waals surface area (Å²) in [6.07, 6.45) is 0.0766. The predicted molar refractivity (Wildman–Crippen MR) is 126 cm³/mol. The molecule has 0 bridgehead atoms. The Hall–Kier alpha value is -3.97. The SMILES string of the molecule is Cc1onc2c1c(=O)n(-c1cccc(CC(=O)Nc3ccc(F)cc3)c1)c1cccc(Cl)c21. The zero-order chi connectivity index (χ0) is 23.1. The van der Waals surface area contributed by atoms with Gasteiger partial charge < -0.3 is 9.84 Å². The van der Waals surface area contributed by atoms with Crippen LogP contribution in [0.3, 0.4) is 0 Å². The van der Waals surface area contributed by atoms with E-state index in [2.05, 4.69) is 10.5 Å². The number of hydrogen-bond acceptors (Lipinski definition) is 4. The minimum atomic E-state index is -0.376. The van der Waals surface area contributed by atoms with Crippen LogP contribution < -0.4 is 10.9 Å². The van der Waals surface area contributed by atoms with Crippen molar-refractivity contribution in [3.05, 3.63) is 99.2 Å². The Balaban J connectivity index is 1.58. The largest absolute Gasteiger partial charge is 0.360 e. The average Bonchev–Trinajstić information content (AvgIpc) is 3.17. The van der Waals surface area contributed by atoms with Crippen molar-refractivity contribution in [3.63, 3.8) is 0 Å². The number of halogens is 2. The van der Waals surface area contributed by atoms with Crippen LogP contribution in [0.4, 0.5) is 10.1 Å². The van der Waals surface area contributed by atoms with Gasteiger partial charge in [-0.25, -0.2) is 4.39 Å². The van der Waals surface area contributed by atoms with Crippen molar-refractivity contribution in [1.82, 2.24) is 9.72 Å². The van der Waals surface area contributed by atoms with Crippen molar-refractivity contribution in [2.45, 2.75) is 13.3 Å². The summed E-state index contributed by atoms with van der Waals surface area (Å²) in [4.78, 5) is 26.0. The zero-order valence-corrected chi connectivity index (χ0v) is 18.2. The summed E-state index contributed by atoms with van der Waals surface area (Å²) in [5.74, 6) is -0.233. The first-order valence-electron chi connectivity index (χ1n) is 10.2. The molecule has 0 fully saturated rings. The van der Waals surface area contributed by atoms with Gasteiger partial charge in [0, 0.05) is 16.8 Å². The third kappa shape index (κ3) is 3.76. The first kappa shape index (κ1) is 20.9. The molecule has 0 aliphatic carbocycles. The molecule has 0 saturated heterocycles. The number of aromatic nitrogens is 2. The quantitative estimate of drug-likeness (QED) is 0.388. The summed E-state index contributed by atoms with van der Waals surface area (Å²) in [6.45, 7) is 1.68. The zero-order valence-electron chi connectivity index (χ0n) is 17.4. The third-order valence-electron chi connectivity index (χ3n) is 5.41. The molecule has 0 saturated carbocycles. The second kappa shape index (κ2) is 8.18. The molecule has 33 heavy (non-hydrogen) atoms. The smallest absolute Gasteiger partial charge is 0.268 e. The van der Waals surface area contributed by atoms with Gasteiger partial charge in [0.05, 0.1) is 17.0 Å². The van der Waals surface area contributed by atoms with Crippen LogP contribution in [-0.2, 0) is 11.2 Å². The molecule has 3 aromatic carbocycles. The van der Waals surface area contributed by atoms with Gasteiger partial charge >= 0.3 is 0 Å². The van der Waals surface area contributed by atoms with E-state index < -0.39 is 0 Å². The van der Waals surface area contributed by atoms with E-state index >= 15 is 0 Å². The Kier molecular flexibility index (Phi) is 5.18. The maximum atomic E-state index is 13.4. The highest BCUT2D eigenvalue weighted by molar-refractivity contribution is 6.37. The van der Waals surface area contributed by atoms with Crippen LogP contribution in [0.15, 0.2) is 76.0 Å². The van der Waals surface area contributed by atoms with E-state index in [1.807, 2.05) is 0 Å². The lowest BCUT2D eigenvalue weighted by atomic mass is 10.1. The molecule has 1 amide bonds. The van der Waals surface area contributed by atoms with Crippen LogP contribution in [0.1, 0.15) is 11.3 Å². The van der Waals surface area contributed by atoms with Gasteiger partial charge in [-0.3, -0.25) is 14.2 Å². The van der Waals surface area contributed by atoms with Gasteiger partial charge in [0.1, 0.15) is 22.5 Å². The summed E-state index contributed by atoms with van der Waals surface area (Å²) < 4.78 is 19.9. The number of carbonyl (C=O) groups excluding carboxylic acids is 1. The summed E-state index contributed by atoms with van der Waals surface area (Å²) >= 11 is 6.47. The Morgan fingerprint density at radius 2 is 1.85 bits per heavy atom. The number of hydrogen-bond donors (Lipinski definition) is 1. The van der Waals surface area contributed by atoms with Crippen LogP contribution in [0.5, 0.6) is 0 Å². The minimum Gasteiger partial charge on any atom is -0.360 e. The fourth-order valence-electron chi connectivity index (χ4n) is 3.94. The minimum absolute atomic E-state index is 0.0766. The number of carbonyl (C=O) groups is 1. The van der Waals surface area contributed by atoms with Gasteiger partial charge in [-0.2, -0.15) is 0 Å². The van der Waals surface area contributed by atoms with E-state index in [0.29, 0.717) is 49.5 Å². The van der Waals surface area contributed by atoms with Crippen LogP contribution in [0, 0.1) is 12.7 Å². The number of amides is 1. The Morgan fingerprint density at radius 1 is 1.09 bits per heavy atom. The standard InChI is InChI=1S/C25H17ClFN3O3/c1-14-22-24(29-33-14)23-19(26)6-3-7-20(23)30(25(22)32)18-5-2-4-15(12-18)13-21(31)28-17-10-8-16(27)9-11-17/h2-12H,13H2,1H3,(H,28,31). The van der Waals surface area contributed by atoms with E-state index in [9.17, 15) is 14.0 Å². The highest BCUT2D eigenvalue weighted by atomic mass is 35.5. The molecule has 6 nitrogen and oxygen atoms in total. The summed E-state index contributed by atoms with van der Waals surface area (Å²) in [7, 11) is 0. The molecule has 0 aliphatic rings. The summed E-state index contributed by atoms with van der Waals surface area (Å²) in [5.41, 5.74) is 2.51. The van der Waals surface area contributed by atoms with Crippen molar-refractivity contribution < 1.29 is 13.7 Å². The van der Waals surface area contributed by atoms with E-state index in [-0.39, 0.29) is 23.7 Å². The summed E-state index contributed by atoms with van der Waals surface area (Å²) in [6, 6.07) is 18.0. The molecule has 2 heterocycles. The van der Waals surface area contributed by atoms with Crippen LogP contribution in [0.25, 0.3) is 27.5 Å². The van der Waals surface area contributed by atoms with E-state index in [1.54, 1.807) is 54.0 Å². The van der Waals surface area contributed by atoms with Crippen molar-refractivity contribution in [2.75, 3.05) is 5.32 Å². The van der Waals surface area contributed by atoms with E-state index in [0.717, 1.165) is 0 Å². The lowest BCUT2D eigenvalue weighted by Gasteiger charge is -2.13. The first-order valence-corrected chi connectivity index (χ1v) is 10.5. The van der Waals surface area contributed by atoms with Gasteiger partial charge in [-0.05, 0) is 61.0 Å².